The van der Waals surface area contributed by atoms with Crippen LogP contribution in [0, 0.1) is 5.82 Å². The number of aromatic nitrogens is 3. The van der Waals surface area contributed by atoms with Gasteiger partial charge in [-0.2, -0.15) is 5.10 Å². The van der Waals surface area contributed by atoms with Gasteiger partial charge in [0.2, 0.25) is 0 Å². The fourth-order valence-corrected chi connectivity index (χ4v) is 3.51. The molecular weight excluding hydrogens is 379 g/mol. The highest BCUT2D eigenvalue weighted by atomic mass is 35.5. The maximum Gasteiger partial charge on any atom is 0.254 e. The zero-order chi connectivity index (χ0) is 19.3. The molecular formula is C21H18ClFN4O. The highest BCUT2D eigenvalue weighted by molar-refractivity contribution is 6.33. The molecule has 7 heteroatoms. The van der Waals surface area contributed by atoms with Crippen molar-refractivity contribution in [3.05, 3.63) is 65.0 Å². The summed E-state index contributed by atoms with van der Waals surface area (Å²) in [6.07, 6.45) is 11.4. The third-order valence-electron chi connectivity index (χ3n) is 5.17. The predicted octanol–water partition coefficient (Wildman–Crippen LogP) is 4.50. The number of hydrogen-bond acceptors (Lipinski definition) is 3. The molecule has 2 aliphatic carbocycles. The van der Waals surface area contributed by atoms with Crippen LogP contribution in [0.2, 0.25) is 5.02 Å². The normalized spacial score (nSPS) is 16.2. The van der Waals surface area contributed by atoms with Crippen LogP contribution < -0.4 is 5.32 Å². The Morgan fingerprint density at radius 1 is 1.14 bits per heavy atom. The van der Waals surface area contributed by atoms with Crippen LogP contribution in [0.25, 0.3) is 16.8 Å². The summed E-state index contributed by atoms with van der Waals surface area (Å²) in [6.45, 7) is 0. The monoisotopic (exact) mass is 396 g/mol. The smallest absolute Gasteiger partial charge is 0.254 e. The molecule has 0 aliphatic heterocycles. The van der Waals surface area contributed by atoms with Crippen LogP contribution in [-0.4, -0.2) is 26.7 Å². The molecule has 1 amide bonds. The Morgan fingerprint density at radius 2 is 1.96 bits per heavy atom. The molecule has 2 heterocycles. The van der Waals surface area contributed by atoms with Crippen molar-refractivity contribution < 1.29 is 9.18 Å². The molecule has 0 unspecified atom stereocenters. The molecule has 0 radical (unpaired) electrons. The maximum absolute atomic E-state index is 14.3. The molecule has 3 aromatic rings. The summed E-state index contributed by atoms with van der Waals surface area (Å²) in [7, 11) is 0. The fourth-order valence-electron chi connectivity index (χ4n) is 3.25. The summed E-state index contributed by atoms with van der Waals surface area (Å²) in [5.74, 6) is -0.436. The zero-order valence-corrected chi connectivity index (χ0v) is 15.8. The van der Waals surface area contributed by atoms with E-state index in [9.17, 15) is 9.18 Å². The van der Waals surface area contributed by atoms with E-state index in [-0.39, 0.29) is 16.6 Å². The van der Waals surface area contributed by atoms with E-state index in [4.69, 9.17) is 11.6 Å². The Bertz CT molecular complexity index is 1070. The lowest BCUT2D eigenvalue weighted by Gasteiger charge is -2.08. The SMILES string of the molecule is O=C(NC1CC1)c1cc(-c2cnn(-c3cncc(C4CC4)c3)c2)c(Cl)cc1F. The van der Waals surface area contributed by atoms with Crippen LogP contribution in [0.1, 0.15) is 47.5 Å². The third kappa shape index (κ3) is 3.40. The van der Waals surface area contributed by atoms with E-state index < -0.39 is 11.7 Å². The number of carbonyl (C=O) groups excluding carboxylic acids is 1. The standard InChI is InChI=1S/C21H18ClFN4O/c22-19-7-20(23)18(21(28)26-15-3-4-15)6-17(19)14-9-25-27(11-14)16-5-13(8-24-10-16)12-1-2-12/h5-12,15H,1-4H2,(H,26,28). The summed E-state index contributed by atoms with van der Waals surface area (Å²) in [4.78, 5) is 16.6. The minimum Gasteiger partial charge on any atom is -0.349 e. The van der Waals surface area contributed by atoms with Gasteiger partial charge in [0.1, 0.15) is 5.82 Å². The third-order valence-corrected chi connectivity index (χ3v) is 5.48. The summed E-state index contributed by atoms with van der Waals surface area (Å²) in [5.41, 5.74) is 3.36. The van der Waals surface area contributed by atoms with Crippen LogP contribution in [0.4, 0.5) is 4.39 Å². The topological polar surface area (TPSA) is 59.8 Å². The Balaban J connectivity index is 1.48. The highest BCUT2D eigenvalue weighted by Gasteiger charge is 2.26. The Morgan fingerprint density at radius 3 is 2.71 bits per heavy atom. The number of nitrogens with one attached hydrogen (secondary N) is 1. The summed E-state index contributed by atoms with van der Waals surface area (Å²) < 4.78 is 16.0. The van der Waals surface area contributed by atoms with Crippen molar-refractivity contribution in [2.75, 3.05) is 0 Å². The van der Waals surface area contributed by atoms with Gasteiger partial charge in [0.05, 0.1) is 28.7 Å². The van der Waals surface area contributed by atoms with E-state index in [0.717, 1.165) is 18.5 Å². The van der Waals surface area contributed by atoms with Crippen LogP contribution >= 0.6 is 11.6 Å². The molecule has 0 spiro atoms. The van der Waals surface area contributed by atoms with Crippen LogP contribution in [0.3, 0.4) is 0 Å². The molecule has 2 fully saturated rings. The Labute approximate surface area is 166 Å². The van der Waals surface area contributed by atoms with E-state index >= 15 is 0 Å². The molecule has 0 bridgehead atoms. The fraction of sp³-hybridized carbons (Fsp3) is 0.286. The van der Waals surface area contributed by atoms with Crippen molar-refractivity contribution in [3.63, 3.8) is 0 Å². The highest BCUT2D eigenvalue weighted by Crippen LogP contribution is 2.40. The van der Waals surface area contributed by atoms with Gasteiger partial charge in [-0.1, -0.05) is 11.6 Å². The van der Waals surface area contributed by atoms with Crippen molar-refractivity contribution in [3.8, 4) is 16.8 Å². The van der Waals surface area contributed by atoms with Crippen molar-refractivity contribution in [1.29, 1.82) is 0 Å². The quantitative estimate of drug-likeness (QED) is 0.690. The number of benzene rings is 1. The molecule has 1 N–H and O–H groups in total. The predicted molar refractivity (Wildman–Crippen MR) is 104 cm³/mol. The van der Waals surface area contributed by atoms with E-state index in [0.29, 0.717) is 17.0 Å². The first-order valence-corrected chi connectivity index (χ1v) is 9.76. The second-order valence-electron chi connectivity index (χ2n) is 7.48. The second kappa shape index (κ2) is 6.71. The van der Waals surface area contributed by atoms with Gasteiger partial charge in [-0.15, -0.1) is 0 Å². The average molecular weight is 397 g/mol. The molecule has 2 aliphatic rings. The first-order chi connectivity index (χ1) is 13.6. The molecule has 142 valence electrons. The molecule has 0 saturated heterocycles. The average Bonchev–Trinajstić information content (AvgIpc) is 3.61. The number of amides is 1. The van der Waals surface area contributed by atoms with Gasteiger partial charge in [-0.3, -0.25) is 9.78 Å². The van der Waals surface area contributed by atoms with Gasteiger partial charge in [-0.25, -0.2) is 9.07 Å². The molecule has 1 aromatic carbocycles. The number of halogens is 2. The van der Waals surface area contributed by atoms with E-state index in [1.165, 1.54) is 30.5 Å². The molecule has 0 atom stereocenters. The number of pyridine rings is 1. The molecule has 28 heavy (non-hydrogen) atoms. The minimum atomic E-state index is -0.624. The zero-order valence-electron chi connectivity index (χ0n) is 15.0. The van der Waals surface area contributed by atoms with Gasteiger partial charge in [0.25, 0.3) is 5.91 Å². The van der Waals surface area contributed by atoms with Crippen molar-refractivity contribution >= 4 is 17.5 Å². The van der Waals surface area contributed by atoms with Crippen molar-refractivity contribution in [1.82, 2.24) is 20.1 Å². The number of hydrogen-bond donors (Lipinski definition) is 1. The molecule has 5 nitrogen and oxygen atoms in total. The van der Waals surface area contributed by atoms with E-state index in [2.05, 4.69) is 21.5 Å². The lowest BCUT2D eigenvalue weighted by atomic mass is 10.0. The summed E-state index contributed by atoms with van der Waals surface area (Å²) in [6, 6.07) is 4.92. The summed E-state index contributed by atoms with van der Waals surface area (Å²) in [5, 5.41) is 7.46. The van der Waals surface area contributed by atoms with E-state index in [1.807, 2.05) is 12.4 Å². The maximum atomic E-state index is 14.3. The van der Waals surface area contributed by atoms with Gasteiger partial charge in [-0.05, 0) is 55.4 Å². The van der Waals surface area contributed by atoms with Crippen molar-refractivity contribution in [2.24, 2.45) is 0 Å². The van der Waals surface area contributed by atoms with Crippen LogP contribution in [-0.2, 0) is 0 Å². The first kappa shape index (κ1) is 17.4. The molecule has 2 saturated carbocycles. The Kier molecular flexibility index (Phi) is 4.16. The van der Waals surface area contributed by atoms with Crippen LogP contribution in [0.15, 0.2) is 43.0 Å². The Hall–Kier alpha value is -2.73. The second-order valence-corrected chi connectivity index (χ2v) is 7.89. The molecule has 5 rings (SSSR count). The van der Waals surface area contributed by atoms with Gasteiger partial charge in [0.15, 0.2) is 0 Å². The lowest BCUT2D eigenvalue weighted by Crippen LogP contribution is -2.26. The minimum absolute atomic E-state index is 0.00329. The van der Waals surface area contributed by atoms with Gasteiger partial charge >= 0.3 is 0 Å². The molecule has 2 aromatic heterocycles. The van der Waals surface area contributed by atoms with E-state index in [1.54, 1.807) is 17.1 Å². The van der Waals surface area contributed by atoms with Crippen molar-refractivity contribution in [2.45, 2.75) is 37.6 Å². The van der Waals surface area contributed by atoms with Gasteiger partial charge in [0, 0.05) is 29.6 Å². The lowest BCUT2D eigenvalue weighted by molar-refractivity contribution is 0.0947. The largest absolute Gasteiger partial charge is 0.349 e. The summed E-state index contributed by atoms with van der Waals surface area (Å²) >= 11 is 6.27. The van der Waals surface area contributed by atoms with Crippen LogP contribution in [0.5, 0.6) is 0 Å². The number of rotatable bonds is 5. The number of carbonyl (C=O) groups is 1. The first-order valence-electron chi connectivity index (χ1n) is 9.39. The van der Waals surface area contributed by atoms with Gasteiger partial charge < -0.3 is 5.32 Å². The number of nitrogens with zero attached hydrogens (tertiary/aromatic N) is 3.